The monoisotopic (exact) mass is 593 g/mol. The lowest BCUT2D eigenvalue weighted by atomic mass is 10.0. The van der Waals surface area contributed by atoms with Crippen molar-refractivity contribution in [1.29, 1.82) is 5.26 Å². The number of likely N-dealkylation sites (N-methyl/N-ethyl adjacent to an activating group) is 1. The molecule has 3 heterocycles. The van der Waals surface area contributed by atoms with Crippen LogP contribution in [0, 0.1) is 17.1 Å². The molecule has 41 heavy (non-hydrogen) atoms. The molecule has 2 saturated heterocycles. The largest absolute Gasteiger partial charge is 0.573 e. The molecule has 3 N–H and O–H groups in total. The minimum atomic E-state index is -5.00. The molecule has 0 bridgehead atoms. The summed E-state index contributed by atoms with van der Waals surface area (Å²) in [4.78, 5) is 12.9. The Morgan fingerprint density at radius 2 is 2.02 bits per heavy atom. The van der Waals surface area contributed by atoms with Crippen LogP contribution in [-0.4, -0.2) is 72.8 Å². The van der Waals surface area contributed by atoms with Crippen LogP contribution in [-0.2, 0) is 0 Å². The Kier molecular flexibility index (Phi) is 8.11. The predicted octanol–water partition coefficient (Wildman–Crippen LogP) is 4.44. The van der Waals surface area contributed by atoms with E-state index in [-0.39, 0.29) is 53.3 Å². The van der Waals surface area contributed by atoms with Crippen LogP contribution in [0.15, 0.2) is 30.3 Å². The topological polar surface area (TPSA) is 113 Å². The summed E-state index contributed by atoms with van der Waals surface area (Å²) in [6, 6.07) is 8.44. The Balaban J connectivity index is 1.62. The molecule has 1 aromatic heterocycles. The summed E-state index contributed by atoms with van der Waals surface area (Å²) in [6.07, 6.45) is -3.03. The number of rotatable bonds is 7. The average molecular weight is 594 g/mol. The third-order valence-electron chi connectivity index (χ3n) is 7.33. The van der Waals surface area contributed by atoms with Gasteiger partial charge in [-0.15, -0.1) is 13.2 Å². The number of anilines is 1. The van der Waals surface area contributed by atoms with Crippen molar-refractivity contribution in [3.05, 3.63) is 41.2 Å². The summed E-state index contributed by atoms with van der Waals surface area (Å²) in [6.45, 7) is 2.28. The van der Waals surface area contributed by atoms with Crippen LogP contribution < -0.4 is 25.4 Å². The predicted molar refractivity (Wildman–Crippen MR) is 145 cm³/mol. The number of ether oxygens (including phenoxy) is 2. The number of aromatic nitrogens is 2. The molecule has 0 amide bonds. The lowest BCUT2D eigenvalue weighted by molar-refractivity contribution is -0.274. The summed E-state index contributed by atoms with van der Waals surface area (Å²) < 4.78 is 65.8. The molecule has 14 heteroatoms. The van der Waals surface area contributed by atoms with Gasteiger partial charge in [0.25, 0.3) is 0 Å². The molecule has 2 aliphatic rings. The zero-order chi connectivity index (χ0) is 29.4. The van der Waals surface area contributed by atoms with E-state index < -0.39 is 23.6 Å². The van der Waals surface area contributed by atoms with E-state index in [1.54, 1.807) is 0 Å². The molecule has 2 aliphatic heterocycles. The van der Waals surface area contributed by atoms with Gasteiger partial charge in [0.2, 0.25) is 0 Å². The summed E-state index contributed by atoms with van der Waals surface area (Å²) >= 11 is 6.07. The smallest absolute Gasteiger partial charge is 0.462 e. The standard InChI is InChI=1S/C27H28ClF4N7O2/c1-38-11-2-3-17(38)14-40-25-36-23-19(24(37-25)39-12-10-35-26(34,15-39)8-9-33)6-5-18(22(23)29)20-13-16(28)4-7-21(20)41-27(30,31)32/h4-7,13,17,35H,2-3,8,10-12,14-15,34H2,1H3/t17-,26-/m0/s1. The molecule has 0 spiro atoms. The van der Waals surface area contributed by atoms with Crippen molar-refractivity contribution in [1.82, 2.24) is 20.2 Å². The van der Waals surface area contributed by atoms with Gasteiger partial charge in [-0.25, -0.2) is 4.39 Å². The maximum absolute atomic E-state index is 16.3. The quantitative estimate of drug-likeness (QED) is 0.384. The second kappa shape index (κ2) is 11.4. The fourth-order valence-electron chi connectivity index (χ4n) is 5.28. The summed E-state index contributed by atoms with van der Waals surface area (Å²) in [5, 5.41) is 12.8. The van der Waals surface area contributed by atoms with Crippen LogP contribution in [0.25, 0.3) is 22.0 Å². The van der Waals surface area contributed by atoms with E-state index in [4.69, 9.17) is 22.1 Å². The van der Waals surface area contributed by atoms with Crippen molar-refractivity contribution in [2.24, 2.45) is 5.73 Å². The normalized spacial score (nSPS) is 21.7. The van der Waals surface area contributed by atoms with Crippen LogP contribution in [0.5, 0.6) is 11.8 Å². The number of nitrogens with zero attached hydrogens (tertiary/aromatic N) is 5. The number of hydrogen-bond donors (Lipinski definition) is 2. The van der Waals surface area contributed by atoms with Crippen molar-refractivity contribution in [3.63, 3.8) is 0 Å². The van der Waals surface area contributed by atoms with Crippen molar-refractivity contribution in [3.8, 4) is 29.0 Å². The number of piperazine rings is 1. The van der Waals surface area contributed by atoms with Gasteiger partial charge in [-0.2, -0.15) is 15.2 Å². The molecular formula is C27H28ClF4N7O2. The van der Waals surface area contributed by atoms with Crippen LogP contribution in [0.1, 0.15) is 19.3 Å². The number of nitriles is 1. The van der Waals surface area contributed by atoms with Gasteiger partial charge in [0.15, 0.2) is 5.82 Å². The van der Waals surface area contributed by atoms with E-state index >= 15 is 4.39 Å². The van der Waals surface area contributed by atoms with Gasteiger partial charge in [-0.05, 0) is 50.7 Å². The highest BCUT2D eigenvalue weighted by Crippen LogP contribution is 2.40. The number of hydrogen-bond acceptors (Lipinski definition) is 9. The molecule has 0 radical (unpaired) electrons. The van der Waals surface area contributed by atoms with Crippen LogP contribution in [0.4, 0.5) is 23.4 Å². The summed E-state index contributed by atoms with van der Waals surface area (Å²) in [7, 11) is 1.99. The molecule has 9 nitrogen and oxygen atoms in total. The first kappa shape index (κ1) is 29.1. The van der Waals surface area contributed by atoms with Crippen molar-refractivity contribution >= 4 is 28.3 Å². The molecule has 2 fully saturated rings. The van der Waals surface area contributed by atoms with Crippen molar-refractivity contribution in [2.75, 3.05) is 44.7 Å². The van der Waals surface area contributed by atoms with Crippen molar-refractivity contribution in [2.45, 2.75) is 37.3 Å². The zero-order valence-electron chi connectivity index (χ0n) is 22.1. The summed E-state index contributed by atoms with van der Waals surface area (Å²) in [5.74, 6) is -1.17. The maximum atomic E-state index is 16.3. The Labute approximate surface area is 238 Å². The average Bonchev–Trinajstić information content (AvgIpc) is 3.32. The zero-order valence-corrected chi connectivity index (χ0v) is 22.9. The van der Waals surface area contributed by atoms with Crippen LogP contribution in [0.3, 0.4) is 0 Å². The number of alkyl halides is 3. The first-order valence-corrected chi connectivity index (χ1v) is 13.4. The summed E-state index contributed by atoms with van der Waals surface area (Å²) in [5.41, 5.74) is 4.84. The molecule has 218 valence electrons. The van der Waals surface area contributed by atoms with Gasteiger partial charge in [0, 0.05) is 40.7 Å². The highest BCUT2D eigenvalue weighted by Gasteiger charge is 2.35. The highest BCUT2D eigenvalue weighted by atomic mass is 35.5. The Bertz CT molecular complexity index is 1480. The Morgan fingerprint density at radius 1 is 1.22 bits per heavy atom. The SMILES string of the molecule is CN1CCC[C@H]1COc1nc(N2CCN[C@@](N)(CC#N)C2)c2ccc(-c3cc(Cl)ccc3OC(F)(F)F)c(F)c2n1. The number of nitrogens with two attached hydrogens (primary N) is 1. The number of likely N-dealkylation sites (tertiary alicyclic amines) is 1. The van der Waals surface area contributed by atoms with Crippen LogP contribution >= 0.6 is 11.6 Å². The van der Waals surface area contributed by atoms with Crippen LogP contribution in [0.2, 0.25) is 5.02 Å². The van der Waals surface area contributed by atoms with E-state index in [0.29, 0.717) is 24.3 Å². The van der Waals surface area contributed by atoms with Gasteiger partial charge in [-0.1, -0.05) is 17.7 Å². The number of benzene rings is 2. The van der Waals surface area contributed by atoms with Gasteiger partial charge in [-0.3, -0.25) is 5.32 Å². The van der Waals surface area contributed by atoms with Gasteiger partial charge < -0.3 is 25.0 Å². The number of fused-ring (bicyclic) bond motifs is 1. The highest BCUT2D eigenvalue weighted by molar-refractivity contribution is 6.31. The first-order chi connectivity index (χ1) is 19.5. The van der Waals surface area contributed by atoms with E-state index in [1.165, 1.54) is 24.3 Å². The van der Waals surface area contributed by atoms with Gasteiger partial charge >= 0.3 is 12.4 Å². The molecule has 0 aliphatic carbocycles. The maximum Gasteiger partial charge on any atom is 0.573 e. The second-order valence-electron chi connectivity index (χ2n) is 10.3. The van der Waals surface area contributed by atoms with Crippen molar-refractivity contribution < 1.29 is 27.0 Å². The molecular weight excluding hydrogens is 566 g/mol. The minimum Gasteiger partial charge on any atom is -0.462 e. The Morgan fingerprint density at radius 3 is 2.73 bits per heavy atom. The van der Waals surface area contributed by atoms with E-state index in [2.05, 4.69) is 31.0 Å². The molecule has 3 aromatic rings. The van der Waals surface area contributed by atoms with Gasteiger partial charge in [0.1, 0.15) is 23.7 Å². The Hall–Kier alpha value is -3.44. The molecule has 2 atom stereocenters. The molecule has 2 aromatic carbocycles. The molecule has 0 saturated carbocycles. The first-order valence-electron chi connectivity index (χ1n) is 13.0. The lowest BCUT2D eigenvalue weighted by Gasteiger charge is -2.40. The van der Waals surface area contributed by atoms with E-state index in [9.17, 15) is 18.4 Å². The third kappa shape index (κ3) is 6.41. The number of nitrogens with one attached hydrogen (secondary N) is 1. The molecule has 0 unspecified atom stereocenters. The second-order valence-corrected chi connectivity index (χ2v) is 10.7. The number of halogens is 5. The minimum absolute atomic E-state index is 0.0269. The third-order valence-corrected chi connectivity index (χ3v) is 7.56. The molecule has 5 rings (SSSR count). The van der Waals surface area contributed by atoms with E-state index in [1.807, 2.05) is 11.9 Å². The van der Waals surface area contributed by atoms with Gasteiger partial charge in [0.05, 0.1) is 24.7 Å². The lowest BCUT2D eigenvalue weighted by Crippen LogP contribution is -2.66. The fraction of sp³-hybridized carbons (Fsp3) is 0.444. The fourth-order valence-corrected chi connectivity index (χ4v) is 5.45. The van der Waals surface area contributed by atoms with E-state index in [0.717, 1.165) is 25.5 Å².